The van der Waals surface area contributed by atoms with Crippen LogP contribution >= 0.6 is 15.9 Å². The van der Waals surface area contributed by atoms with Gasteiger partial charge in [-0.25, -0.2) is 18.1 Å². The topological polar surface area (TPSA) is 87.7 Å². The van der Waals surface area contributed by atoms with E-state index in [9.17, 15) is 8.42 Å². The van der Waals surface area contributed by atoms with Gasteiger partial charge in [-0.15, -0.1) is 0 Å². The molecule has 6 nitrogen and oxygen atoms in total. The number of imidazole rings is 1. The van der Waals surface area contributed by atoms with E-state index in [0.29, 0.717) is 10.2 Å². The van der Waals surface area contributed by atoms with Crippen molar-refractivity contribution in [1.82, 2.24) is 19.7 Å². The van der Waals surface area contributed by atoms with Crippen LogP contribution in [0.2, 0.25) is 0 Å². The maximum atomic E-state index is 11.9. The minimum absolute atomic E-state index is 0.117. The Hall–Kier alpha value is -1.25. The minimum atomic E-state index is -3.55. The number of H-pyrrole nitrogens is 1. The molecule has 2 aromatic heterocycles. The van der Waals surface area contributed by atoms with E-state index in [1.165, 1.54) is 24.8 Å². The van der Waals surface area contributed by atoms with Gasteiger partial charge in [0.05, 0.1) is 12.9 Å². The fraction of sp³-hybridized carbons (Fsp3) is 0.111. The van der Waals surface area contributed by atoms with Gasteiger partial charge in [-0.05, 0) is 22.0 Å². The second kappa shape index (κ2) is 4.94. The normalized spacial score (nSPS) is 11.6. The first-order chi connectivity index (χ1) is 8.08. The van der Waals surface area contributed by atoms with Crippen LogP contribution in [-0.2, 0) is 16.6 Å². The van der Waals surface area contributed by atoms with Crippen molar-refractivity contribution >= 4 is 26.0 Å². The van der Waals surface area contributed by atoms with Gasteiger partial charge in [0.2, 0.25) is 10.0 Å². The number of nitrogens with zero attached hydrogens (tertiary/aromatic N) is 2. The quantitative estimate of drug-likeness (QED) is 0.882. The third-order valence-electron chi connectivity index (χ3n) is 2.00. The summed E-state index contributed by atoms with van der Waals surface area (Å²) in [5.74, 6) is 0. The van der Waals surface area contributed by atoms with Gasteiger partial charge in [-0.1, -0.05) is 0 Å². The van der Waals surface area contributed by atoms with E-state index in [2.05, 4.69) is 35.6 Å². The van der Waals surface area contributed by atoms with Gasteiger partial charge in [-0.3, -0.25) is 4.98 Å². The number of nitrogens with one attached hydrogen (secondary N) is 2. The Balaban J connectivity index is 2.14. The smallest absolute Gasteiger partial charge is 0.242 e. The second-order valence-electron chi connectivity index (χ2n) is 3.24. The molecule has 90 valence electrons. The molecule has 0 aromatic carbocycles. The number of sulfonamides is 1. The fourth-order valence-corrected chi connectivity index (χ4v) is 2.69. The average molecular weight is 317 g/mol. The van der Waals surface area contributed by atoms with Crippen molar-refractivity contribution in [3.8, 4) is 0 Å². The molecule has 0 aliphatic carbocycles. The lowest BCUT2D eigenvalue weighted by atomic mass is 10.5. The number of aromatic amines is 1. The molecular formula is C9H9BrN4O2S. The summed E-state index contributed by atoms with van der Waals surface area (Å²) in [6, 6.07) is 1.49. The molecule has 0 radical (unpaired) electrons. The molecule has 0 saturated heterocycles. The van der Waals surface area contributed by atoms with E-state index in [-0.39, 0.29) is 11.4 Å². The number of halogens is 1. The summed E-state index contributed by atoms with van der Waals surface area (Å²) in [6.07, 6.45) is 5.86. The third kappa shape index (κ3) is 3.11. The Bertz CT molecular complexity index is 597. The maximum Gasteiger partial charge on any atom is 0.242 e. The van der Waals surface area contributed by atoms with E-state index < -0.39 is 10.0 Å². The molecule has 0 aliphatic rings. The molecule has 17 heavy (non-hydrogen) atoms. The van der Waals surface area contributed by atoms with Gasteiger partial charge in [0, 0.05) is 28.8 Å². The molecular weight excluding hydrogens is 308 g/mol. The predicted octanol–water partition coefficient (Wildman–Crippen LogP) is 1.05. The highest BCUT2D eigenvalue weighted by molar-refractivity contribution is 9.10. The average Bonchev–Trinajstić information content (AvgIpc) is 2.79. The van der Waals surface area contributed by atoms with Crippen LogP contribution in [0.5, 0.6) is 0 Å². The van der Waals surface area contributed by atoms with Crippen molar-refractivity contribution < 1.29 is 8.42 Å². The zero-order valence-corrected chi connectivity index (χ0v) is 11.0. The first-order valence-corrected chi connectivity index (χ1v) is 6.93. The molecule has 0 unspecified atom stereocenters. The molecule has 2 N–H and O–H groups in total. The van der Waals surface area contributed by atoms with Gasteiger partial charge in [0.25, 0.3) is 0 Å². The minimum Gasteiger partial charge on any atom is -0.347 e. The standard InChI is InChI=1S/C9H9BrN4O2S/c10-7-1-9(5-11-2-7)17(15,16)14-4-8-3-12-6-13-8/h1-3,5-6,14H,4H2,(H,12,13). The van der Waals surface area contributed by atoms with Crippen LogP contribution in [0.15, 0.2) is 40.4 Å². The predicted molar refractivity (Wildman–Crippen MR) is 64.6 cm³/mol. The Morgan fingerprint density at radius 3 is 2.76 bits per heavy atom. The Labute approximate surface area is 107 Å². The first-order valence-electron chi connectivity index (χ1n) is 4.65. The molecule has 8 heteroatoms. The molecule has 0 amide bonds. The van der Waals surface area contributed by atoms with E-state index in [4.69, 9.17) is 0 Å². The summed E-state index contributed by atoms with van der Waals surface area (Å²) in [4.78, 5) is 10.5. The monoisotopic (exact) mass is 316 g/mol. The highest BCUT2D eigenvalue weighted by Gasteiger charge is 2.14. The molecule has 0 spiro atoms. The number of hydrogen-bond donors (Lipinski definition) is 2. The number of pyridine rings is 1. The molecule has 2 rings (SSSR count). The molecule has 2 heterocycles. The molecule has 2 aromatic rings. The lowest BCUT2D eigenvalue weighted by molar-refractivity contribution is 0.580. The van der Waals surface area contributed by atoms with E-state index in [0.717, 1.165) is 0 Å². The molecule has 0 saturated carbocycles. The van der Waals surface area contributed by atoms with Crippen molar-refractivity contribution in [3.05, 3.63) is 41.2 Å². The van der Waals surface area contributed by atoms with E-state index in [1.807, 2.05) is 0 Å². The third-order valence-corrected chi connectivity index (χ3v) is 3.80. The van der Waals surface area contributed by atoms with Crippen molar-refractivity contribution in [3.63, 3.8) is 0 Å². The van der Waals surface area contributed by atoms with Crippen LogP contribution in [0.1, 0.15) is 5.69 Å². The maximum absolute atomic E-state index is 11.9. The van der Waals surface area contributed by atoms with Crippen molar-refractivity contribution in [2.24, 2.45) is 0 Å². The largest absolute Gasteiger partial charge is 0.347 e. The SMILES string of the molecule is O=S(=O)(NCc1cnc[nH]1)c1cncc(Br)c1. The van der Waals surface area contributed by atoms with Gasteiger partial charge >= 0.3 is 0 Å². The number of hydrogen-bond acceptors (Lipinski definition) is 4. The Morgan fingerprint density at radius 2 is 2.12 bits per heavy atom. The first kappa shape index (κ1) is 12.2. The fourth-order valence-electron chi connectivity index (χ4n) is 1.18. The van der Waals surface area contributed by atoms with Crippen molar-refractivity contribution in [2.45, 2.75) is 11.4 Å². The number of rotatable bonds is 4. The molecule has 0 aliphatic heterocycles. The van der Waals surface area contributed by atoms with Crippen LogP contribution in [-0.4, -0.2) is 23.4 Å². The zero-order valence-electron chi connectivity index (χ0n) is 8.59. The van der Waals surface area contributed by atoms with Gasteiger partial charge < -0.3 is 4.98 Å². The van der Waals surface area contributed by atoms with Crippen LogP contribution < -0.4 is 4.72 Å². The van der Waals surface area contributed by atoms with E-state index >= 15 is 0 Å². The van der Waals surface area contributed by atoms with Gasteiger partial charge in [-0.2, -0.15) is 0 Å². The lowest BCUT2D eigenvalue weighted by Crippen LogP contribution is -2.23. The van der Waals surface area contributed by atoms with Crippen molar-refractivity contribution in [1.29, 1.82) is 0 Å². The lowest BCUT2D eigenvalue weighted by Gasteiger charge is -2.05. The summed E-state index contributed by atoms with van der Waals surface area (Å²) in [7, 11) is -3.55. The van der Waals surface area contributed by atoms with Crippen LogP contribution in [0.3, 0.4) is 0 Å². The zero-order chi connectivity index (χ0) is 12.3. The summed E-state index contributed by atoms with van der Waals surface area (Å²) in [5, 5.41) is 0. The van der Waals surface area contributed by atoms with Gasteiger partial charge in [0.1, 0.15) is 4.90 Å². The van der Waals surface area contributed by atoms with E-state index in [1.54, 1.807) is 6.20 Å². The van der Waals surface area contributed by atoms with Crippen LogP contribution in [0.25, 0.3) is 0 Å². The molecule has 0 fully saturated rings. The Morgan fingerprint density at radius 1 is 1.29 bits per heavy atom. The van der Waals surface area contributed by atoms with Crippen molar-refractivity contribution in [2.75, 3.05) is 0 Å². The Kier molecular flexibility index (Phi) is 3.55. The number of aromatic nitrogens is 3. The summed E-state index contributed by atoms with van der Waals surface area (Å²) >= 11 is 3.17. The summed E-state index contributed by atoms with van der Waals surface area (Å²) in [5.41, 5.74) is 0.691. The highest BCUT2D eigenvalue weighted by Crippen LogP contribution is 2.14. The molecule has 0 bridgehead atoms. The van der Waals surface area contributed by atoms with Crippen LogP contribution in [0, 0.1) is 0 Å². The van der Waals surface area contributed by atoms with Gasteiger partial charge in [0.15, 0.2) is 0 Å². The van der Waals surface area contributed by atoms with Crippen LogP contribution in [0.4, 0.5) is 0 Å². The second-order valence-corrected chi connectivity index (χ2v) is 5.92. The molecule has 0 atom stereocenters. The summed E-state index contributed by atoms with van der Waals surface area (Å²) < 4.78 is 26.8. The summed E-state index contributed by atoms with van der Waals surface area (Å²) in [6.45, 7) is 0.162. The highest BCUT2D eigenvalue weighted by atomic mass is 79.9.